The van der Waals surface area contributed by atoms with Gasteiger partial charge in [0.1, 0.15) is 13.2 Å². The van der Waals surface area contributed by atoms with Gasteiger partial charge in [0.2, 0.25) is 17.7 Å². The lowest BCUT2D eigenvalue weighted by Gasteiger charge is -2.22. The number of carbonyl (C=O) groups excluding carboxylic acids is 3. The first-order chi connectivity index (χ1) is 12.4. The van der Waals surface area contributed by atoms with Crippen molar-refractivity contribution >= 4 is 35.0 Å². The van der Waals surface area contributed by atoms with Crippen molar-refractivity contribution in [3.8, 4) is 0 Å². The minimum absolute atomic E-state index is 0.00561. The molecule has 6 nitrogen and oxygen atoms in total. The second-order valence-corrected chi connectivity index (χ2v) is 7.03. The summed E-state index contributed by atoms with van der Waals surface area (Å²) in [5.41, 5.74) is 0.704. The summed E-state index contributed by atoms with van der Waals surface area (Å²) < 4.78 is 0. The number of anilines is 1. The number of hydrogen-bond donors (Lipinski definition) is 0. The highest BCUT2D eigenvalue weighted by atomic mass is 35.5. The highest BCUT2D eigenvalue weighted by molar-refractivity contribution is 6.30. The van der Waals surface area contributed by atoms with E-state index in [9.17, 15) is 14.4 Å². The van der Waals surface area contributed by atoms with Gasteiger partial charge in [-0.2, -0.15) is 0 Å². The van der Waals surface area contributed by atoms with Crippen LogP contribution in [0.15, 0.2) is 24.3 Å². The van der Waals surface area contributed by atoms with Crippen LogP contribution in [0.1, 0.15) is 39.0 Å². The van der Waals surface area contributed by atoms with E-state index < -0.39 is 0 Å². The molecular weight excluding hydrogens is 354 g/mol. The Kier molecular flexibility index (Phi) is 7.45. The molecule has 1 heterocycles. The van der Waals surface area contributed by atoms with Crippen molar-refractivity contribution in [2.24, 2.45) is 0 Å². The van der Waals surface area contributed by atoms with Crippen LogP contribution in [0, 0.1) is 0 Å². The van der Waals surface area contributed by atoms with Crippen molar-refractivity contribution in [1.29, 1.82) is 0 Å². The molecule has 1 saturated heterocycles. The fourth-order valence-corrected chi connectivity index (χ4v) is 2.97. The van der Waals surface area contributed by atoms with Gasteiger partial charge in [-0.3, -0.25) is 19.3 Å². The van der Waals surface area contributed by atoms with Gasteiger partial charge in [-0.15, -0.1) is 0 Å². The summed E-state index contributed by atoms with van der Waals surface area (Å²) in [4.78, 5) is 41.2. The maximum atomic E-state index is 12.4. The lowest BCUT2D eigenvalue weighted by Crippen LogP contribution is -2.40. The zero-order valence-electron chi connectivity index (χ0n) is 15.4. The zero-order valence-corrected chi connectivity index (χ0v) is 16.2. The van der Waals surface area contributed by atoms with Gasteiger partial charge in [0, 0.05) is 24.2 Å². The van der Waals surface area contributed by atoms with Gasteiger partial charge < -0.3 is 9.80 Å². The van der Waals surface area contributed by atoms with E-state index in [0.717, 1.165) is 25.7 Å². The Morgan fingerprint density at radius 1 is 1.15 bits per heavy atom. The lowest BCUT2D eigenvalue weighted by atomic mass is 10.1. The van der Waals surface area contributed by atoms with Gasteiger partial charge in [0.15, 0.2) is 0 Å². The van der Waals surface area contributed by atoms with Crippen LogP contribution in [-0.2, 0) is 14.4 Å². The third-order valence-electron chi connectivity index (χ3n) is 4.47. The summed E-state index contributed by atoms with van der Waals surface area (Å²) in [6, 6.07) is 6.92. The number of amides is 3. The first-order valence-electron chi connectivity index (χ1n) is 9.00. The van der Waals surface area contributed by atoms with Gasteiger partial charge >= 0.3 is 0 Å². The molecule has 3 amide bonds. The topological polar surface area (TPSA) is 60.9 Å². The van der Waals surface area contributed by atoms with E-state index in [2.05, 4.69) is 6.92 Å². The normalized spacial score (nSPS) is 14.0. The second kappa shape index (κ2) is 9.57. The van der Waals surface area contributed by atoms with E-state index in [-0.39, 0.29) is 37.5 Å². The number of nitrogens with zero attached hydrogens (tertiary/aromatic N) is 3. The van der Waals surface area contributed by atoms with Crippen LogP contribution in [0.25, 0.3) is 0 Å². The predicted molar refractivity (Wildman–Crippen MR) is 102 cm³/mol. The molecule has 26 heavy (non-hydrogen) atoms. The summed E-state index contributed by atoms with van der Waals surface area (Å²) >= 11 is 5.87. The third kappa shape index (κ3) is 5.46. The summed E-state index contributed by atoms with van der Waals surface area (Å²) in [5.74, 6) is -0.400. The van der Waals surface area contributed by atoms with Crippen molar-refractivity contribution < 1.29 is 14.4 Å². The monoisotopic (exact) mass is 379 g/mol. The standard InChI is InChI=1S/C19H26ClN3O3/c1-3-4-5-6-7-17(24)21(2)12-18(25)22-13-19(26)23(14-22)16-10-8-15(20)9-11-16/h8-11H,3-7,12-14H2,1-2H3. The molecule has 0 spiro atoms. The summed E-state index contributed by atoms with van der Waals surface area (Å²) in [6.45, 7) is 2.34. The molecule has 2 rings (SSSR count). The van der Waals surface area contributed by atoms with Crippen LogP contribution >= 0.6 is 11.6 Å². The molecule has 0 bridgehead atoms. The molecule has 1 aromatic rings. The second-order valence-electron chi connectivity index (χ2n) is 6.59. The van der Waals surface area contributed by atoms with Crippen molar-refractivity contribution in [3.05, 3.63) is 29.3 Å². The van der Waals surface area contributed by atoms with Crippen molar-refractivity contribution in [1.82, 2.24) is 9.80 Å². The quantitative estimate of drug-likeness (QED) is 0.652. The van der Waals surface area contributed by atoms with Crippen molar-refractivity contribution in [2.45, 2.75) is 39.0 Å². The average molecular weight is 380 g/mol. The Bertz CT molecular complexity index is 648. The van der Waals surface area contributed by atoms with Gasteiger partial charge in [0.25, 0.3) is 0 Å². The number of benzene rings is 1. The van der Waals surface area contributed by atoms with Crippen LogP contribution in [0.2, 0.25) is 5.02 Å². The Balaban J connectivity index is 1.85. The van der Waals surface area contributed by atoms with E-state index in [1.54, 1.807) is 36.2 Å². The Morgan fingerprint density at radius 2 is 1.85 bits per heavy atom. The first-order valence-corrected chi connectivity index (χ1v) is 9.38. The SMILES string of the molecule is CCCCCCC(=O)N(C)CC(=O)N1CC(=O)N(c2ccc(Cl)cc2)C1. The molecule has 142 valence electrons. The zero-order chi connectivity index (χ0) is 19.1. The molecule has 0 saturated carbocycles. The third-order valence-corrected chi connectivity index (χ3v) is 4.72. The van der Waals surface area contributed by atoms with Gasteiger partial charge in [-0.25, -0.2) is 0 Å². The number of likely N-dealkylation sites (N-methyl/N-ethyl adjacent to an activating group) is 1. The van der Waals surface area contributed by atoms with E-state index in [0.29, 0.717) is 17.1 Å². The molecule has 0 aromatic heterocycles. The van der Waals surface area contributed by atoms with Crippen LogP contribution in [-0.4, -0.2) is 54.3 Å². The molecule has 0 atom stereocenters. The Labute approximate surface area is 159 Å². The Hall–Kier alpha value is -2.08. The molecule has 0 aliphatic carbocycles. The van der Waals surface area contributed by atoms with Crippen LogP contribution in [0.3, 0.4) is 0 Å². The average Bonchev–Trinajstić information content (AvgIpc) is 3.01. The molecule has 0 N–H and O–H groups in total. The summed E-state index contributed by atoms with van der Waals surface area (Å²) in [6.07, 6.45) is 4.57. The molecule has 0 unspecified atom stereocenters. The Morgan fingerprint density at radius 3 is 2.50 bits per heavy atom. The molecule has 1 aromatic carbocycles. The molecule has 7 heteroatoms. The molecule has 1 fully saturated rings. The van der Waals surface area contributed by atoms with Crippen LogP contribution in [0.5, 0.6) is 0 Å². The van der Waals surface area contributed by atoms with E-state index >= 15 is 0 Å². The van der Waals surface area contributed by atoms with Crippen molar-refractivity contribution in [2.75, 3.05) is 31.7 Å². The first kappa shape index (κ1) is 20.2. The number of rotatable bonds is 8. The van der Waals surface area contributed by atoms with Gasteiger partial charge in [-0.1, -0.05) is 37.8 Å². The fraction of sp³-hybridized carbons (Fsp3) is 0.526. The van der Waals surface area contributed by atoms with Crippen LogP contribution < -0.4 is 4.90 Å². The molecule has 0 radical (unpaired) electrons. The van der Waals surface area contributed by atoms with Gasteiger partial charge in [0.05, 0.1) is 6.54 Å². The largest absolute Gasteiger partial charge is 0.336 e. The summed E-state index contributed by atoms with van der Waals surface area (Å²) in [7, 11) is 1.63. The smallest absolute Gasteiger partial charge is 0.248 e. The number of hydrogen-bond acceptors (Lipinski definition) is 3. The summed E-state index contributed by atoms with van der Waals surface area (Å²) in [5, 5.41) is 0.590. The number of halogens is 1. The number of unbranched alkanes of at least 4 members (excludes halogenated alkanes) is 3. The van der Waals surface area contributed by atoms with E-state index in [1.165, 1.54) is 9.80 Å². The lowest BCUT2D eigenvalue weighted by molar-refractivity contribution is -0.139. The fourth-order valence-electron chi connectivity index (χ4n) is 2.85. The molecule has 1 aliphatic rings. The highest BCUT2D eigenvalue weighted by Crippen LogP contribution is 2.21. The predicted octanol–water partition coefficient (Wildman–Crippen LogP) is 2.90. The number of carbonyl (C=O) groups is 3. The molecule has 1 aliphatic heterocycles. The van der Waals surface area contributed by atoms with Crippen LogP contribution in [0.4, 0.5) is 5.69 Å². The van der Waals surface area contributed by atoms with Crippen molar-refractivity contribution in [3.63, 3.8) is 0 Å². The van der Waals surface area contributed by atoms with E-state index in [4.69, 9.17) is 11.6 Å². The minimum atomic E-state index is -0.223. The molecular formula is C19H26ClN3O3. The maximum absolute atomic E-state index is 12.4. The van der Waals surface area contributed by atoms with Gasteiger partial charge in [-0.05, 0) is 30.7 Å². The van der Waals surface area contributed by atoms with E-state index in [1.807, 2.05) is 0 Å². The minimum Gasteiger partial charge on any atom is -0.336 e. The highest BCUT2D eigenvalue weighted by Gasteiger charge is 2.32. The maximum Gasteiger partial charge on any atom is 0.248 e.